The predicted octanol–water partition coefficient (Wildman–Crippen LogP) is -0.0614. The molecule has 102 valence electrons. The van der Waals surface area contributed by atoms with Gasteiger partial charge in [-0.25, -0.2) is 12.7 Å². The fourth-order valence-corrected chi connectivity index (χ4v) is 3.42. The van der Waals surface area contributed by atoms with E-state index in [2.05, 4.69) is 11.9 Å². The van der Waals surface area contributed by atoms with E-state index in [1.807, 2.05) is 0 Å². The lowest BCUT2D eigenvalue weighted by Crippen LogP contribution is -2.38. The van der Waals surface area contributed by atoms with Gasteiger partial charge in [-0.3, -0.25) is 0 Å². The minimum Gasteiger partial charge on any atom is -0.330 e. The summed E-state index contributed by atoms with van der Waals surface area (Å²) < 4.78 is 25.3. The van der Waals surface area contributed by atoms with Gasteiger partial charge in [-0.2, -0.15) is 0 Å². The number of nitrogens with two attached hydrogens (primary N) is 1. The third-order valence-electron chi connectivity index (χ3n) is 3.43. The van der Waals surface area contributed by atoms with Gasteiger partial charge in [0.2, 0.25) is 10.0 Å². The molecule has 1 saturated heterocycles. The van der Waals surface area contributed by atoms with Crippen molar-refractivity contribution in [1.29, 1.82) is 0 Å². The summed E-state index contributed by atoms with van der Waals surface area (Å²) in [6.07, 6.45) is 2.72. The lowest BCUT2D eigenvalue weighted by molar-refractivity contribution is 0.202. The van der Waals surface area contributed by atoms with Crippen LogP contribution in [0.5, 0.6) is 0 Å². The van der Waals surface area contributed by atoms with E-state index in [0.717, 1.165) is 25.9 Å². The minimum absolute atomic E-state index is 0.173. The lowest BCUT2D eigenvalue weighted by atomic mass is 9.97. The van der Waals surface area contributed by atoms with Gasteiger partial charge in [0.15, 0.2) is 0 Å². The fraction of sp³-hybridized carbons (Fsp3) is 1.00. The highest BCUT2D eigenvalue weighted by Crippen LogP contribution is 2.18. The molecule has 0 aromatic rings. The van der Waals surface area contributed by atoms with Gasteiger partial charge in [-0.15, -0.1) is 0 Å². The molecule has 2 N–H and O–H groups in total. The van der Waals surface area contributed by atoms with Crippen molar-refractivity contribution < 1.29 is 8.42 Å². The summed E-state index contributed by atoms with van der Waals surface area (Å²) in [6, 6.07) is 0. The van der Waals surface area contributed by atoms with E-state index in [9.17, 15) is 8.42 Å². The summed E-state index contributed by atoms with van der Waals surface area (Å²) in [7, 11) is 0.698. The van der Waals surface area contributed by atoms with Crippen LogP contribution in [0.3, 0.4) is 0 Å². The molecule has 0 bridgehead atoms. The smallest absolute Gasteiger partial charge is 0.213 e. The number of nitrogens with zero attached hydrogens (tertiary/aromatic N) is 2. The van der Waals surface area contributed by atoms with Crippen LogP contribution in [0.2, 0.25) is 0 Å². The van der Waals surface area contributed by atoms with Gasteiger partial charge in [-0.1, -0.05) is 0 Å². The van der Waals surface area contributed by atoms with E-state index in [1.165, 1.54) is 4.31 Å². The molecule has 1 aliphatic heterocycles. The molecule has 0 saturated carbocycles. The van der Waals surface area contributed by atoms with Crippen LogP contribution in [0.1, 0.15) is 19.3 Å². The average molecular weight is 263 g/mol. The van der Waals surface area contributed by atoms with Gasteiger partial charge in [0.25, 0.3) is 0 Å². The summed E-state index contributed by atoms with van der Waals surface area (Å²) in [5, 5.41) is 0. The zero-order valence-electron chi connectivity index (χ0n) is 10.9. The molecular weight excluding hydrogens is 238 g/mol. The molecule has 0 spiro atoms. The van der Waals surface area contributed by atoms with Crippen molar-refractivity contribution in [3.63, 3.8) is 0 Å². The molecule has 1 heterocycles. The summed E-state index contributed by atoms with van der Waals surface area (Å²) in [5.41, 5.74) is 5.35. The van der Waals surface area contributed by atoms with E-state index in [0.29, 0.717) is 25.4 Å². The van der Waals surface area contributed by atoms with E-state index in [1.54, 1.807) is 7.05 Å². The van der Waals surface area contributed by atoms with Crippen molar-refractivity contribution in [2.45, 2.75) is 19.3 Å². The van der Waals surface area contributed by atoms with Crippen molar-refractivity contribution in [1.82, 2.24) is 9.21 Å². The van der Waals surface area contributed by atoms with Crippen LogP contribution in [0.15, 0.2) is 0 Å². The van der Waals surface area contributed by atoms with Crippen LogP contribution < -0.4 is 5.73 Å². The first kappa shape index (κ1) is 14.9. The zero-order valence-corrected chi connectivity index (χ0v) is 11.7. The Hall–Kier alpha value is -0.170. The molecule has 0 aromatic heterocycles. The average Bonchev–Trinajstić information content (AvgIpc) is 2.29. The third kappa shape index (κ3) is 4.91. The fourth-order valence-electron chi connectivity index (χ4n) is 2.14. The highest BCUT2D eigenvalue weighted by Gasteiger charge is 2.23. The summed E-state index contributed by atoms with van der Waals surface area (Å²) in [4.78, 5) is 2.29. The predicted molar refractivity (Wildman–Crippen MR) is 70.3 cm³/mol. The Morgan fingerprint density at radius 3 is 2.47 bits per heavy atom. The molecule has 1 rings (SSSR count). The quantitative estimate of drug-likeness (QED) is 0.729. The molecule has 0 aromatic carbocycles. The summed E-state index contributed by atoms with van der Waals surface area (Å²) >= 11 is 0. The lowest BCUT2D eigenvalue weighted by Gasteiger charge is -2.31. The van der Waals surface area contributed by atoms with Crippen molar-refractivity contribution >= 4 is 10.0 Å². The Morgan fingerprint density at radius 2 is 1.94 bits per heavy atom. The van der Waals surface area contributed by atoms with E-state index in [-0.39, 0.29) is 5.75 Å². The Kier molecular flexibility index (Phi) is 5.85. The van der Waals surface area contributed by atoms with Crippen LogP contribution >= 0.6 is 0 Å². The Labute approximate surface area is 105 Å². The molecule has 5 nitrogen and oxygen atoms in total. The number of hydrogen-bond donors (Lipinski definition) is 1. The first-order chi connectivity index (χ1) is 7.95. The topological polar surface area (TPSA) is 66.6 Å². The van der Waals surface area contributed by atoms with Crippen molar-refractivity contribution in [2.75, 3.05) is 46.0 Å². The van der Waals surface area contributed by atoms with E-state index >= 15 is 0 Å². The van der Waals surface area contributed by atoms with Gasteiger partial charge in [0.05, 0.1) is 5.75 Å². The molecule has 0 radical (unpaired) electrons. The van der Waals surface area contributed by atoms with Crippen LogP contribution in [0, 0.1) is 5.92 Å². The number of rotatable bonds is 6. The Morgan fingerprint density at radius 1 is 1.35 bits per heavy atom. The number of sulfonamides is 1. The van der Waals surface area contributed by atoms with Gasteiger partial charge in [-0.05, 0) is 51.9 Å². The van der Waals surface area contributed by atoms with Gasteiger partial charge < -0.3 is 10.6 Å². The first-order valence-corrected chi connectivity index (χ1v) is 7.89. The second-order valence-corrected chi connectivity index (χ2v) is 7.18. The Bertz CT molecular complexity index is 311. The SMILES string of the molecule is CN1CCC(CN(C)S(=O)(=O)CCCN)CC1. The van der Waals surface area contributed by atoms with Crippen molar-refractivity contribution in [3.05, 3.63) is 0 Å². The largest absolute Gasteiger partial charge is 0.330 e. The molecule has 0 atom stereocenters. The minimum atomic E-state index is -3.10. The number of hydrogen-bond acceptors (Lipinski definition) is 4. The van der Waals surface area contributed by atoms with Crippen LogP contribution in [-0.4, -0.2) is 63.7 Å². The first-order valence-electron chi connectivity index (χ1n) is 6.28. The van der Waals surface area contributed by atoms with Crippen LogP contribution in [0.4, 0.5) is 0 Å². The normalized spacial score (nSPS) is 20.0. The maximum Gasteiger partial charge on any atom is 0.213 e. The highest BCUT2D eigenvalue weighted by molar-refractivity contribution is 7.89. The summed E-state index contributed by atoms with van der Waals surface area (Å²) in [6.45, 7) is 3.23. The molecule has 0 amide bonds. The zero-order chi connectivity index (χ0) is 12.9. The van der Waals surface area contributed by atoms with E-state index in [4.69, 9.17) is 5.73 Å². The van der Waals surface area contributed by atoms with E-state index < -0.39 is 10.0 Å². The van der Waals surface area contributed by atoms with Crippen LogP contribution in [0.25, 0.3) is 0 Å². The van der Waals surface area contributed by atoms with Gasteiger partial charge in [0, 0.05) is 13.6 Å². The molecule has 1 aliphatic rings. The second-order valence-electron chi connectivity index (χ2n) is 4.99. The van der Waals surface area contributed by atoms with Crippen molar-refractivity contribution in [2.24, 2.45) is 11.7 Å². The maximum absolute atomic E-state index is 11.9. The summed E-state index contributed by atoms with van der Waals surface area (Å²) in [5.74, 6) is 0.677. The van der Waals surface area contributed by atoms with Gasteiger partial charge >= 0.3 is 0 Å². The Balaban J connectivity index is 2.40. The van der Waals surface area contributed by atoms with Crippen molar-refractivity contribution in [3.8, 4) is 0 Å². The number of piperidine rings is 1. The molecular formula is C11H25N3O2S. The molecule has 0 unspecified atom stereocenters. The molecule has 6 heteroatoms. The monoisotopic (exact) mass is 263 g/mol. The highest BCUT2D eigenvalue weighted by atomic mass is 32.2. The molecule has 1 fully saturated rings. The molecule has 17 heavy (non-hydrogen) atoms. The van der Waals surface area contributed by atoms with Crippen LogP contribution in [-0.2, 0) is 10.0 Å². The second kappa shape index (κ2) is 6.68. The third-order valence-corrected chi connectivity index (χ3v) is 5.34. The molecule has 0 aliphatic carbocycles. The number of likely N-dealkylation sites (tertiary alicyclic amines) is 1. The van der Waals surface area contributed by atoms with Gasteiger partial charge in [0.1, 0.15) is 0 Å². The standard InChI is InChI=1S/C11H25N3O2S/c1-13-7-4-11(5-8-13)10-14(2)17(15,16)9-3-6-12/h11H,3-10,12H2,1-2H3. The maximum atomic E-state index is 11.9.